The molecule has 0 aliphatic carbocycles. The fourth-order valence-corrected chi connectivity index (χ4v) is 6.81. The SMILES string of the molecule is Cc1cccc(NC(=O)COC(=O)CC2c3ccccc3CCN2S(=O)(=O)c2cccs2)c1C. The van der Waals surface area contributed by atoms with Crippen molar-refractivity contribution in [3.63, 3.8) is 0 Å². The van der Waals surface area contributed by atoms with Gasteiger partial charge in [-0.2, -0.15) is 4.31 Å². The highest BCUT2D eigenvalue weighted by atomic mass is 32.2. The summed E-state index contributed by atoms with van der Waals surface area (Å²) in [6, 6.07) is 15.6. The minimum atomic E-state index is -3.77. The molecule has 1 amide bonds. The fraction of sp³-hybridized carbons (Fsp3) is 0.280. The van der Waals surface area contributed by atoms with Crippen LogP contribution in [0.2, 0.25) is 0 Å². The zero-order chi connectivity index (χ0) is 24.3. The minimum Gasteiger partial charge on any atom is -0.456 e. The normalized spacial score (nSPS) is 16.0. The third-order valence-electron chi connectivity index (χ3n) is 6.02. The number of sulfonamides is 1. The number of hydrogen-bond donors (Lipinski definition) is 1. The van der Waals surface area contributed by atoms with E-state index in [-0.39, 0.29) is 17.2 Å². The molecule has 7 nitrogen and oxygen atoms in total. The van der Waals surface area contributed by atoms with E-state index in [0.717, 1.165) is 33.6 Å². The van der Waals surface area contributed by atoms with E-state index >= 15 is 0 Å². The van der Waals surface area contributed by atoms with Crippen molar-refractivity contribution in [2.45, 2.75) is 36.9 Å². The number of fused-ring (bicyclic) bond motifs is 1. The van der Waals surface area contributed by atoms with Gasteiger partial charge in [0.25, 0.3) is 15.9 Å². The predicted molar refractivity (Wildman–Crippen MR) is 131 cm³/mol. The van der Waals surface area contributed by atoms with Gasteiger partial charge in [-0.3, -0.25) is 9.59 Å². The van der Waals surface area contributed by atoms with Gasteiger partial charge in [0.05, 0.1) is 12.5 Å². The molecule has 0 bridgehead atoms. The Morgan fingerprint density at radius 1 is 1.09 bits per heavy atom. The lowest BCUT2D eigenvalue weighted by molar-refractivity contribution is -0.148. The van der Waals surface area contributed by atoms with Gasteiger partial charge in [0.1, 0.15) is 4.21 Å². The maximum atomic E-state index is 13.3. The molecule has 2 aromatic carbocycles. The molecule has 0 radical (unpaired) electrons. The number of nitrogens with one attached hydrogen (secondary N) is 1. The third-order valence-corrected chi connectivity index (χ3v) is 9.31. The van der Waals surface area contributed by atoms with Gasteiger partial charge in [0.15, 0.2) is 6.61 Å². The molecule has 1 aliphatic rings. The van der Waals surface area contributed by atoms with E-state index in [2.05, 4.69) is 5.32 Å². The molecule has 1 unspecified atom stereocenters. The van der Waals surface area contributed by atoms with Gasteiger partial charge in [0, 0.05) is 12.2 Å². The average molecular weight is 499 g/mol. The van der Waals surface area contributed by atoms with Gasteiger partial charge in [0.2, 0.25) is 0 Å². The molecule has 0 saturated carbocycles. The van der Waals surface area contributed by atoms with Gasteiger partial charge in [-0.05, 0) is 60.0 Å². The van der Waals surface area contributed by atoms with Crippen LogP contribution in [0, 0.1) is 13.8 Å². The lowest BCUT2D eigenvalue weighted by Gasteiger charge is -2.35. The quantitative estimate of drug-likeness (QED) is 0.492. The monoisotopic (exact) mass is 498 g/mol. The number of anilines is 1. The van der Waals surface area contributed by atoms with Crippen LogP contribution >= 0.6 is 11.3 Å². The molecule has 1 N–H and O–H groups in total. The first-order valence-electron chi connectivity index (χ1n) is 10.9. The first-order chi connectivity index (χ1) is 16.3. The molecule has 1 atom stereocenters. The van der Waals surface area contributed by atoms with Crippen molar-refractivity contribution in [1.82, 2.24) is 4.31 Å². The van der Waals surface area contributed by atoms with Crippen LogP contribution in [0.15, 0.2) is 64.2 Å². The zero-order valence-electron chi connectivity index (χ0n) is 19.0. The number of thiophene rings is 1. The van der Waals surface area contributed by atoms with Crippen LogP contribution in [0.3, 0.4) is 0 Å². The van der Waals surface area contributed by atoms with Gasteiger partial charge >= 0.3 is 5.97 Å². The molecule has 34 heavy (non-hydrogen) atoms. The molecule has 2 heterocycles. The summed E-state index contributed by atoms with van der Waals surface area (Å²) in [6.45, 7) is 3.67. The number of carbonyl (C=O) groups is 2. The molecular formula is C25H26N2O5S2. The molecule has 0 fully saturated rings. The molecular weight excluding hydrogens is 472 g/mol. The maximum absolute atomic E-state index is 13.3. The number of nitrogens with zero attached hydrogens (tertiary/aromatic N) is 1. The van der Waals surface area contributed by atoms with Crippen molar-refractivity contribution in [3.8, 4) is 0 Å². The Kier molecular flexibility index (Phi) is 7.16. The second-order valence-corrected chi connectivity index (χ2v) is 11.2. The molecule has 4 rings (SSSR count). The van der Waals surface area contributed by atoms with Crippen molar-refractivity contribution < 1.29 is 22.7 Å². The highest BCUT2D eigenvalue weighted by molar-refractivity contribution is 7.91. The summed E-state index contributed by atoms with van der Waals surface area (Å²) in [5.41, 5.74) is 4.43. The second kappa shape index (κ2) is 10.1. The Balaban J connectivity index is 1.47. The van der Waals surface area contributed by atoms with E-state index in [1.807, 2.05) is 50.2 Å². The fourth-order valence-electron chi connectivity index (χ4n) is 4.09. The van der Waals surface area contributed by atoms with E-state index in [1.54, 1.807) is 23.6 Å². The topological polar surface area (TPSA) is 92.8 Å². The van der Waals surface area contributed by atoms with E-state index in [1.165, 1.54) is 4.31 Å². The van der Waals surface area contributed by atoms with E-state index in [0.29, 0.717) is 12.1 Å². The van der Waals surface area contributed by atoms with Gasteiger partial charge in [-0.1, -0.05) is 42.5 Å². The van der Waals surface area contributed by atoms with Crippen LogP contribution in [0.1, 0.15) is 34.7 Å². The Bertz CT molecular complexity index is 1300. The highest BCUT2D eigenvalue weighted by Crippen LogP contribution is 2.37. The van der Waals surface area contributed by atoms with Crippen molar-refractivity contribution in [3.05, 3.63) is 82.2 Å². The Labute approximate surface area is 203 Å². The molecule has 3 aromatic rings. The van der Waals surface area contributed by atoms with Crippen LogP contribution in [0.5, 0.6) is 0 Å². The van der Waals surface area contributed by atoms with E-state index in [9.17, 15) is 18.0 Å². The van der Waals surface area contributed by atoms with E-state index < -0.39 is 34.5 Å². The lowest BCUT2D eigenvalue weighted by Crippen LogP contribution is -2.41. The molecule has 1 aliphatic heterocycles. The number of amides is 1. The van der Waals surface area contributed by atoms with Crippen molar-refractivity contribution in [1.29, 1.82) is 0 Å². The third kappa shape index (κ3) is 5.06. The number of aryl methyl sites for hydroxylation is 1. The van der Waals surface area contributed by atoms with Crippen molar-refractivity contribution in [2.75, 3.05) is 18.5 Å². The summed E-state index contributed by atoms with van der Waals surface area (Å²) in [5, 5.41) is 4.47. The smallest absolute Gasteiger partial charge is 0.308 e. The largest absolute Gasteiger partial charge is 0.456 e. The van der Waals surface area contributed by atoms with Gasteiger partial charge in [-0.25, -0.2) is 8.42 Å². The van der Waals surface area contributed by atoms with Crippen LogP contribution in [-0.2, 0) is 30.8 Å². The Hall–Kier alpha value is -3.01. The van der Waals surface area contributed by atoms with Crippen LogP contribution in [0.4, 0.5) is 5.69 Å². The minimum absolute atomic E-state index is 0.182. The Morgan fingerprint density at radius 2 is 1.88 bits per heavy atom. The summed E-state index contributed by atoms with van der Waals surface area (Å²) in [4.78, 5) is 25.1. The zero-order valence-corrected chi connectivity index (χ0v) is 20.6. The van der Waals surface area contributed by atoms with Crippen molar-refractivity contribution in [2.24, 2.45) is 0 Å². The first kappa shape index (κ1) is 24.1. The van der Waals surface area contributed by atoms with Crippen LogP contribution in [0.25, 0.3) is 0 Å². The molecule has 178 valence electrons. The number of hydrogen-bond acceptors (Lipinski definition) is 6. The number of carbonyl (C=O) groups excluding carboxylic acids is 2. The summed E-state index contributed by atoms with van der Waals surface area (Å²) >= 11 is 1.14. The Morgan fingerprint density at radius 3 is 2.65 bits per heavy atom. The van der Waals surface area contributed by atoms with Gasteiger partial charge in [-0.15, -0.1) is 11.3 Å². The molecule has 9 heteroatoms. The highest BCUT2D eigenvalue weighted by Gasteiger charge is 2.38. The number of esters is 1. The summed E-state index contributed by atoms with van der Waals surface area (Å²) < 4.78 is 33.5. The molecule has 1 aromatic heterocycles. The lowest BCUT2D eigenvalue weighted by atomic mass is 9.92. The van der Waals surface area contributed by atoms with Crippen molar-refractivity contribution >= 4 is 38.9 Å². The number of ether oxygens (including phenoxy) is 1. The second-order valence-electron chi connectivity index (χ2n) is 8.17. The standard InChI is InChI=1S/C25H26N2O5S2/c1-17-7-5-10-21(18(17)2)26-23(28)16-32-24(29)15-22-20-9-4-3-8-19(20)12-13-27(22)34(30,31)25-11-6-14-33-25/h3-11,14,22H,12-13,15-16H2,1-2H3,(H,26,28). The summed E-state index contributed by atoms with van der Waals surface area (Å²) in [7, 11) is -3.77. The molecule has 0 saturated heterocycles. The number of benzene rings is 2. The number of rotatable bonds is 7. The van der Waals surface area contributed by atoms with Gasteiger partial charge < -0.3 is 10.1 Å². The summed E-state index contributed by atoms with van der Waals surface area (Å²) in [6.07, 6.45) is 0.378. The van der Waals surface area contributed by atoms with Crippen LogP contribution in [-0.4, -0.2) is 37.8 Å². The average Bonchev–Trinajstić information content (AvgIpc) is 3.37. The molecule has 0 spiro atoms. The first-order valence-corrected chi connectivity index (χ1v) is 13.2. The maximum Gasteiger partial charge on any atom is 0.308 e. The predicted octanol–water partition coefficient (Wildman–Crippen LogP) is 4.23. The van der Waals surface area contributed by atoms with Crippen LogP contribution < -0.4 is 5.32 Å². The summed E-state index contributed by atoms with van der Waals surface area (Å²) in [5.74, 6) is -1.08. The van der Waals surface area contributed by atoms with E-state index in [4.69, 9.17) is 4.74 Å².